The molecule has 2 aliphatic heterocycles. The molecular weight excluding hydrogens is 411 g/mol. The second kappa shape index (κ2) is 8.51. The Balaban J connectivity index is 1.39. The molecule has 1 unspecified atom stereocenters. The van der Waals surface area contributed by atoms with Crippen LogP contribution in [0.3, 0.4) is 0 Å². The van der Waals surface area contributed by atoms with Crippen molar-refractivity contribution in [2.75, 3.05) is 5.32 Å². The number of carbonyl (C=O) groups is 1. The second-order valence-corrected chi connectivity index (χ2v) is 8.63. The van der Waals surface area contributed by atoms with Gasteiger partial charge in [0.25, 0.3) is 0 Å². The Morgan fingerprint density at radius 3 is 2.58 bits per heavy atom. The van der Waals surface area contributed by atoms with Crippen molar-refractivity contribution in [2.45, 2.75) is 29.8 Å². The first-order valence-corrected chi connectivity index (χ1v) is 11.2. The number of imidazole rings is 1. The summed E-state index contributed by atoms with van der Waals surface area (Å²) < 4.78 is 15.1. The van der Waals surface area contributed by atoms with Crippen LogP contribution < -0.4 is 5.32 Å². The van der Waals surface area contributed by atoms with Gasteiger partial charge < -0.3 is 9.88 Å². The predicted octanol–water partition coefficient (Wildman–Crippen LogP) is 5.40. The van der Waals surface area contributed by atoms with Crippen molar-refractivity contribution in [1.82, 2.24) is 14.5 Å². The molecule has 1 atom stereocenters. The van der Waals surface area contributed by atoms with Gasteiger partial charge in [0.1, 0.15) is 17.6 Å². The van der Waals surface area contributed by atoms with E-state index in [0.717, 1.165) is 29.8 Å². The minimum Gasteiger partial charge on any atom is -0.324 e. The van der Waals surface area contributed by atoms with Crippen LogP contribution >= 0.6 is 11.8 Å². The van der Waals surface area contributed by atoms with Crippen molar-refractivity contribution in [3.05, 3.63) is 84.3 Å². The van der Waals surface area contributed by atoms with E-state index in [1.807, 2.05) is 53.2 Å². The number of benzene rings is 2. The number of amides is 1. The van der Waals surface area contributed by atoms with Crippen LogP contribution in [0.25, 0.3) is 11.5 Å². The number of anilines is 1. The number of hydrogen-bond acceptors (Lipinski definition) is 4. The smallest absolute Gasteiger partial charge is 0.247 e. The number of rotatable bonds is 7. The average Bonchev–Trinajstić information content (AvgIpc) is 3.52. The van der Waals surface area contributed by atoms with E-state index in [1.165, 1.54) is 23.9 Å². The zero-order chi connectivity index (χ0) is 21.2. The third-order valence-electron chi connectivity index (χ3n) is 5.35. The molecule has 7 heteroatoms. The molecular formula is C24H21FN4OS. The summed E-state index contributed by atoms with van der Waals surface area (Å²) in [4.78, 5) is 22.5. The molecule has 1 fully saturated rings. The van der Waals surface area contributed by atoms with Gasteiger partial charge in [-0.2, -0.15) is 0 Å². The third-order valence-corrected chi connectivity index (χ3v) is 6.27. The molecule has 5 nitrogen and oxygen atoms in total. The molecule has 1 aliphatic carbocycles. The molecule has 1 saturated carbocycles. The number of para-hydroxylation sites is 1. The van der Waals surface area contributed by atoms with Crippen LogP contribution in [-0.4, -0.2) is 20.4 Å². The topological polar surface area (TPSA) is 59.8 Å². The number of fused-ring (bicyclic) bond motifs is 1. The molecule has 2 aromatic carbocycles. The molecule has 5 rings (SSSR count). The Kier molecular flexibility index (Phi) is 5.42. The van der Waals surface area contributed by atoms with Crippen LogP contribution in [0, 0.1) is 11.7 Å². The molecule has 2 heterocycles. The Morgan fingerprint density at radius 2 is 1.84 bits per heavy atom. The summed E-state index contributed by atoms with van der Waals surface area (Å²) >= 11 is 1.50. The fourth-order valence-corrected chi connectivity index (χ4v) is 4.46. The number of thioether (sulfide) groups is 1. The minimum absolute atomic E-state index is 0.0327. The van der Waals surface area contributed by atoms with Crippen LogP contribution in [0.5, 0.6) is 0 Å². The van der Waals surface area contributed by atoms with Crippen molar-refractivity contribution in [3.63, 3.8) is 0 Å². The molecule has 2 aromatic rings. The van der Waals surface area contributed by atoms with E-state index < -0.39 is 0 Å². The van der Waals surface area contributed by atoms with Gasteiger partial charge in [0, 0.05) is 17.6 Å². The summed E-state index contributed by atoms with van der Waals surface area (Å²) in [6.45, 7) is 0. The van der Waals surface area contributed by atoms with Gasteiger partial charge in [0.2, 0.25) is 5.91 Å². The maximum Gasteiger partial charge on any atom is 0.247 e. The summed E-state index contributed by atoms with van der Waals surface area (Å²) in [7, 11) is 0. The lowest BCUT2D eigenvalue weighted by Crippen LogP contribution is -2.28. The molecule has 0 saturated heterocycles. The monoisotopic (exact) mass is 432 g/mol. The van der Waals surface area contributed by atoms with Crippen molar-refractivity contribution >= 4 is 23.4 Å². The lowest BCUT2D eigenvalue weighted by Gasteiger charge is -2.21. The maximum absolute atomic E-state index is 13.2. The first-order valence-electron chi connectivity index (χ1n) is 10.2. The molecule has 0 bridgehead atoms. The van der Waals surface area contributed by atoms with Crippen LogP contribution in [0.4, 0.5) is 10.1 Å². The first kappa shape index (κ1) is 19.8. The Labute approximate surface area is 184 Å². The Hall–Kier alpha value is -3.19. The molecule has 0 aromatic heterocycles. The molecule has 156 valence electrons. The van der Waals surface area contributed by atoms with E-state index >= 15 is 0 Å². The van der Waals surface area contributed by atoms with Gasteiger partial charge in [-0.1, -0.05) is 42.1 Å². The Morgan fingerprint density at radius 1 is 1.06 bits per heavy atom. The summed E-state index contributed by atoms with van der Waals surface area (Å²) in [5.41, 5.74) is 2.56. The van der Waals surface area contributed by atoms with E-state index in [4.69, 9.17) is 4.98 Å². The van der Waals surface area contributed by atoms with E-state index in [2.05, 4.69) is 10.3 Å². The standard InChI is InChI=1S/C24H21FN4OS/c25-18-12-8-16(9-13-18)15-31-24-27-20-7-4-14-29(22(20)28-24)21(17-10-11-17)23(30)26-19-5-2-1-3-6-19/h1-9,12-14,17,21H,10-11,15H2,(H,26,30). The number of aromatic nitrogens is 3. The van der Waals surface area contributed by atoms with Crippen molar-refractivity contribution < 1.29 is 9.18 Å². The van der Waals surface area contributed by atoms with E-state index in [-0.39, 0.29) is 17.8 Å². The molecule has 3 aliphatic rings. The van der Waals surface area contributed by atoms with Gasteiger partial charge in [0.05, 0.1) is 0 Å². The van der Waals surface area contributed by atoms with Crippen molar-refractivity contribution in [3.8, 4) is 11.5 Å². The second-order valence-electron chi connectivity index (χ2n) is 7.68. The van der Waals surface area contributed by atoms with Crippen molar-refractivity contribution in [1.29, 1.82) is 0 Å². The van der Waals surface area contributed by atoms with Crippen LogP contribution in [0.15, 0.2) is 78.1 Å². The third kappa shape index (κ3) is 4.46. The van der Waals surface area contributed by atoms with Crippen LogP contribution in [-0.2, 0) is 10.5 Å². The minimum atomic E-state index is -0.324. The lowest BCUT2D eigenvalue weighted by molar-refractivity contribution is -0.119. The summed E-state index contributed by atoms with van der Waals surface area (Å²) in [5, 5.41) is 3.69. The summed E-state index contributed by atoms with van der Waals surface area (Å²) in [6, 6.07) is 19.5. The summed E-state index contributed by atoms with van der Waals surface area (Å²) in [5.74, 6) is 1.38. The number of halogens is 1. The normalized spacial score (nSPS) is 14.5. The van der Waals surface area contributed by atoms with Gasteiger partial charge in [0.15, 0.2) is 11.0 Å². The van der Waals surface area contributed by atoms with Gasteiger partial charge in [-0.25, -0.2) is 14.4 Å². The van der Waals surface area contributed by atoms with Crippen molar-refractivity contribution in [2.24, 2.45) is 5.92 Å². The molecule has 1 amide bonds. The highest BCUT2D eigenvalue weighted by molar-refractivity contribution is 7.98. The van der Waals surface area contributed by atoms with E-state index in [9.17, 15) is 9.18 Å². The van der Waals surface area contributed by atoms with E-state index in [0.29, 0.717) is 22.7 Å². The largest absolute Gasteiger partial charge is 0.324 e. The maximum atomic E-state index is 13.2. The molecule has 1 N–H and O–H groups in total. The van der Waals surface area contributed by atoms with Gasteiger partial charge in [-0.05, 0) is 60.7 Å². The van der Waals surface area contributed by atoms with Gasteiger partial charge in [-0.3, -0.25) is 4.79 Å². The molecule has 31 heavy (non-hydrogen) atoms. The highest BCUT2D eigenvalue weighted by Gasteiger charge is 2.39. The Bertz CT molecular complexity index is 1160. The SMILES string of the molecule is O=C(Nc1ccccc1)C(C1CC1)n1cccc2nc(SCc3ccc(F)cc3)nc1-2. The number of carbonyl (C=O) groups excluding carboxylic acids is 1. The fraction of sp³-hybridized carbons (Fsp3) is 0.208. The fourth-order valence-electron chi connectivity index (χ4n) is 3.66. The number of hydrogen-bond donors (Lipinski definition) is 1. The highest BCUT2D eigenvalue weighted by Crippen LogP contribution is 2.42. The van der Waals surface area contributed by atoms with Gasteiger partial charge >= 0.3 is 0 Å². The summed E-state index contributed by atoms with van der Waals surface area (Å²) in [6.07, 6.45) is 3.96. The lowest BCUT2D eigenvalue weighted by atomic mass is 10.1. The first-order chi connectivity index (χ1) is 15.2. The number of nitrogens with one attached hydrogen (secondary N) is 1. The predicted molar refractivity (Wildman–Crippen MR) is 119 cm³/mol. The van der Waals surface area contributed by atoms with E-state index in [1.54, 1.807) is 12.1 Å². The zero-order valence-electron chi connectivity index (χ0n) is 16.7. The van der Waals surface area contributed by atoms with Crippen LogP contribution in [0.1, 0.15) is 24.4 Å². The molecule has 0 spiro atoms. The van der Waals surface area contributed by atoms with Crippen LogP contribution in [0.2, 0.25) is 0 Å². The average molecular weight is 433 g/mol. The number of pyridine rings is 1. The highest BCUT2D eigenvalue weighted by atomic mass is 32.2. The van der Waals surface area contributed by atoms with Gasteiger partial charge in [-0.15, -0.1) is 0 Å². The zero-order valence-corrected chi connectivity index (χ0v) is 17.6. The quantitative estimate of drug-likeness (QED) is 0.397. The number of nitrogens with zero attached hydrogens (tertiary/aromatic N) is 3. The molecule has 0 radical (unpaired) electrons.